The van der Waals surface area contributed by atoms with Crippen LogP contribution in [0.3, 0.4) is 0 Å². The molecule has 56 valence electrons. The van der Waals surface area contributed by atoms with Crippen LogP contribution < -0.4 is 5.43 Å². The molecular formula is C5H7ClN2O2. The van der Waals surface area contributed by atoms with E-state index in [0.29, 0.717) is 6.04 Å². The Morgan fingerprint density at radius 2 is 2.30 bits per heavy atom. The zero-order valence-corrected chi connectivity index (χ0v) is 5.93. The summed E-state index contributed by atoms with van der Waals surface area (Å²) >= 11 is 5.18. The number of halogens is 1. The molecule has 4 nitrogen and oxygen atoms in total. The van der Waals surface area contributed by atoms with Crippen molar-refractivity contribution in [3.8, 4) is 0 Å². The van der Waals surface area contributed by atoms with Crippen LogP contribution in [0.5, 0.6) is 0 Å². The second-order valence-corrected chi connectivity index (χ2v) is 2.47. The summed E-state index contributed by atoms with van der Waals surface area (Å²) < 4.78 is 0. The molecule has 1 aliphatic rings. The highest BCUT2D eigenvalue weighted by Crippen LogP contribution is 2.18. The molecule has 5 heteroatoms. The van der Waals surface area contributed by atoms with Crippen LogP contribution in [-0.2, 0) is 4.79 Å². The van der Waals surface area contributed by atoms with Crippen LogP contribution in [-0.4, -0.2) is 22.3 Å². The molecule has 1 fully saturated rings. The van der Waals surface area contributed by atoms with E-state index in [-0.39, 0.29) is 0 Å². The predicted molar refractivity (Wildman–Crippen MR) is 37.1 cm³/mol. The Hall–Kier alpha value is -0.770. The number of rotatable bonds is 3. The van der Waals surface area contributed by atoms with Gasteiger partial charge >= 0.3 is 5.97 Å². The largest absolute Gasteiger partial charge is 0.476 e. The minimum atomic E-state index is -1.20. The fraction of sp³-hybridized carbons (Fsp3) is 0.600. The van der Waals surface area contributed by atoms with Crippen molar-refractivity contribution in [2.75, 3.05) is 0 Å². The fourth-order valence-electron chi connectivity index (χ4n) is 0.408. The van der Waals surface area contributed by atoms with Gasteiger partial charge in [-0.2, -0.15) is 5.10 Å². The van der Waals surface area contributed by atoms with Crippen molar-refractivity contribution in [1.82, 2.24) is 5.43 Å². The molecule has 0 aliphatic heterocycles. The highest BCUT2D eigenvalue weighted by Gasteiger charge is 2.20. The maximum atomic E-state index is 10.0. The first-order valence-corrected chi connectivity index (χ1v) is 3.30. The van der Waals surface area contributed by atoms with Crippen LogP contribution in [0.1, 0.15) is 12.8 Å². The van der Waals surface area contributed by atoms with E-state index in [9.17, 15) is 4.79 Å². The van der Waals surface area contributed by atoms with Crippen LogP contribution in [0.4, 0.5) is 0 Å². The van der Waals surface area contributed by atoms with Gasteiger partial charge < -0.3 is 10.5 Å². The van der Waals surface area contributed by atoms with E-state index in [4.69, 9.17) is 16.7 Å². The van der Waals surface area contributed by atoms with E-state index in [0.717, 1.165) is 12.8 Å². The number of carbonyl (C=O) groups is 1. The molecule has 0 amide bonds. The Morgan fingerprint density at radius 3 is 2.70 bits per heavy atom. The first kappa shape index (κ1) is 7.34. The number of aliphatic carboxylic acids is 1. The average Bonchev–Trinajstić information content (AvgIpc) is 2.64. The van der Waals surface area contributed by atoms with Gasteiger partial charge in [0, 0.05) is 6.04 Å². The molecule has 10 heavy (non-hydrogen) atoms. The third-order valence-electron chi connectivity index (χ3n) is 1.10. The van der Waals surface area contributed by atoms with Gasteiger partial charge in [0.05, 0.1) is 0 Å². The summed E-state index contributed by atoms with van der Waals surface area (Å²) in [6.07, 6.45) is 2.10. The number of hydrazone groups is 1. The Labute approximate surface area is 62.9 Å². The van der Waals surface area contributed by atoms with Crippen molar-refractivity contribution in [3.63, 3.8) is 0 Å². The summed E-state index contributed by atoms with van der Waals surface area (Å²) in [5, 5.41) is 11.2. The van der Waals surface area contributed by atoms with Gasteiger partial charge in [0.15, 0.2) is 0 Å². The van der Waals surface area contributed by atoms with E-state index in [1.54, 1.807) is 0 Å². The summed E-state index contributed by atoms with van der Waals surface area (Å²) in [6, 6.07) is 0.341. The second kappa shape index (κ2) is 2.88. The summed E-state index contributed by atoms with van der Waals surface area (Å²) in [6.45, 7) is 0. The molecule has 0 aromatic heterocycles. The maximum absolute atomic E-state index is 10.0. The molecule has 1 rings (SSSR count). The van der Waals surface area contributed by atoms with Crippen molar-refractivity contribution >= 4 is 22.7 Å². The number of carboxylic acids is 1. The molecule has 0 heterocycles. The van der Waals surface area contributed by atoms with Gasteiger partial charge in [0.1, 0.15) is 0 Å². The van der Waals surface area contributed by atoms with E-state index in [2.05, 4.69) is 10.5 Å². The molecule has 0 aromatic rings. The van der Waals surface area contributed by atoms with Crippen molar-refractivity contribution in [1.29, 1.82) is 0 Å². The number of hydrogen-bond donors (Lipinski definition) is 2. The van der Waals surface area contributed by atoms with E-state index >= 15 is 0 Å². The smallest absolute Gasteiger partial charge is 0.368 e. The molecule has 0 bridgehead atoms. The van der Waals surface area contributed by atoms with Crippen LogP contribution in [0.15, 0.2) is 5.10 Å². The molecule has 0 unspecified atom stereocenters. The van der Waals surface area contributed by atoms with Gasteiger partial charge in [-0.15, -0.1) is 0 Å². The zero-order chi connectivity index (χ0) is 7.56. The van der Waals surface area contributed by atoms with Gasteiger partial charge in [0.25, 0.3) is 0 Å². The third-order valence-corrected chi connectivity index (χ3v) is 1.35. The topological polar surface area (TPSA) is 61.7 Å². The Bertz CT molecular complexity index is 176. The molecule has 0 atom stereocenters. The van der Waals surface area contributed by atoms with Gasteiger partial charge in [-0.3, -0.25) is 0 Å². The Balaban J connectivity index is 2.29. The molecule has 1 aliphatic carbocycles. The van der Waals surface area contributed by atoms with Crippen molar-refractivity contribution in [3.05, 3.63) is 0 Å². The lowest BCUT2D eigenvalue weighted by atomic mass is 10.7. The summed E-state index contributed by atoms with van der Waals surface area (Å²) in [5.41, 5.74) is 2.61. The zero-order valence-electron chi connectivity index (χ0n) is 5.17. The molecule has 0 saturated heterocycles. The van der Waals surface area contributed by atoms with E-state index < -0.39 is 11.1 Å². The quantitative estimate of drug-likeness (QED) is 0.466. The van der Waals surface area contributed by atoms with Gasteiger partial charge in [-0.1, -0.05) is 11.6 Å². The first-order valence-electron chi connectivity index (χ1n) is 2.92. The number of hydrogen-bond acceptors (Lipinski definition) is 3. The van der Waals surface area contributed by atoms with Crippen LogP contribution >= 0.6 is 11.6 Å². The number of nitrogens with one attached hydrogen (secondary N) is 1. The predicted octanol–water partition coefficient (Wildman–Crippen LogP) is 0.375. The fourth-order valence-corrected chi connectivity index (χ4v) is 0.457. The lowest BCUT2D eigenvalue weighted by Gasteiger charge is -1.93. The van der Waals surface area contributed by atoms with Crippen molar-refractivity contribution in [2.45, 2.75) is 18.9 Å². The van der Waals surface area contributed by atoms with Gasteiger partial charge in [-0.25, -0.2) is 4.79 Å². The van der Waals surface area contributed by atoms with Crippen LogP contribution in [0.2, 0.25) is 0 Å². The van der Waals surface area contributed by atoms with Crippen LogP contribution in [0.25, 0.3) is 0 Å². The molecule has 2 N–H and O–H groups in total. The van der Waals surface area contributed by atoms with Gasteiger partial charge in [-0.05, 0) is 12.8 Å². The molecule has 0 aromatic carbocycles. The summed E-state index contributed by atoms with van der Waals surface area (Å²) in [4.78, 5) is 10.0. The summed E-state index contributed by atoms with van der Waals surface area (Å²) in [7, 11) is 0. The maximum Gasteiger partial charge on any atom is 0.368 e. The van der Waals surface area contributed by atoms with Crippen LogP contribution in [0, 0.1) is 0 Å². The van der Waals surface area contributed by atoms with Gasteiger partial charge in [0.2, 0.25) is 5.17 Å². The van der Waals surface area contributed by atoms with E-state index in [1.807, 2.05) is 0 Å². The average molecular weight is 163 g/mol. The minimum absolute atomic E-state index is 0.341. The Kier molecular flexibility index (Phi) is 2.11. The number of carboxylic acid groups (broad SMARTS) is 1. The SMILES string of the molecule is O=C(O)C(Cl)=NNC1CC1. The lowest BCUT2D eigenvalue weighted by molar-refractivity contribution is -0.129. The lowest BCUT2D eigenvalue weighted by Crippen LogP contribution is -2.14. The standard InChI is InChI=1S/C5H7ClN2O2/c6-4(5(9)10)8-7-3-1-2-3/h3,7H,1-2H2,(H,9,10). The first-order chi connectivity index (χ1) is 4.70. The Morgan fingerprint density at radius 1 is 1.70 bits per heavy atom. The normalized spacial score (nSPS) is 18.7. The molecule has 0 spiro atoms. The molecule has 1 saturated carbocycles. The summed E-state index contributed by atoms with van der Waals surface area (Å²) in [5.74, 6) is -1.20. The number of nitrogens with zero attached hydrogens (tertiary/aromatic N) is 1. The van der Waals surface area contributed by atoms with Crippen molar-refractivity contribution < 1.29 is 9.90 Å². The highest BCUT2D eigenvalue weighted by molar-refractivity contribution is 6.81. The van der Waals surface area contributed by atoms with Crippen molar-refractivity contribution in [2.24, 2.45) is 5.10 Å². The second-order valence-electron chi connectivity index (χ2n) is 2.11. The monoisotopic (exact) mass is 162 g/mol. The minimum Gasteiger partial charge on any atom is -0.476 e. The molecular weight excluding hydrogens is 156 g/mol. The van der Waals surface area contributed by atoms with E-state index in [1.165, 1.54) is 0 Å². The molecule has 0 radical (unpaired) electrons. The third kappa shape index (κ3) is 2.23. The highest BCUT2D eigenvalue weighted by atomic mass is 35.5.